The van der Waals surface area contributed by atoms with Crippen LogP contribution in [0.4, 0.5) is 0 Å². The van der Waals surface area contributed by atoms with E-state index < -0.39 is 11.2 Å². The maximum atomic E-state index is 11.8. The zero-order valence-electron chi connectivity index (χ0n) is 11.2. The van der Waals surface area contributed by atoms with Gasteiger partial charge in [0.25, 0.3) is 0 Å². The molecule has 18 heavy (non-hydrogen) atoms. The molecule has 3 heteroatoms. The van der Waals surface area contributed by atoms with Crippen molar-refractivity contribution in [2.45, 2.75) is 57.2 Å². The zero-order chi connectivity index (χ0) is 13.1. The molecular formula is C15H22O3. The first-order valence-corrected chi connectivity index (χ1v) is 6.92. The van der Waals surface area contributed by atoms with E-state index in [-0.39, 0.29) is 5.97 Å². The second-order valence-electron chi connectivity index (χ2n) is 7.05. The molecule has 1 N–H and O–H groups in total. The summed E-state index contributed by atoms with van der Waals surface area (Å²) in [6, 6.07) is 0. The van der Waals surface area contributed by atoms with E-state index >= 15 is 0 Å². The van der Waals surface area contributed by atoms with E-state index in [2.05, 4.69) is 6.58 Å². The van der Waals surface area contributed by atoms with Gasteiger partial charge in [-0.15, -0.1) is 0 Å². The highest BCUT2D eigenvalue weighted by Crippen LogP contribution is 2.62. The Morgan fingerprint density at radius 1 is 1.33 bits per heavy atom. The molecule has 3 rings (SSSR count). The summed E-state index contributed by atoms with van der Waals surface area (Å²) in [4.78, 5) is 11.8. The fourth-order valence-electron chi connectivity index (χ4n) is 4.60. The van der Waals surface area contributed by atoms with Crippen LogP contribution in [0.1, 0.15) is 46.0 Å². The largest absolute Gasteiger partial charge is 0.456 e. The Labute approximate surface area is 108 Å². The first-order chi connectivity index (χ1) is 8.30. The highest BCUT2D eigenvalue weighted by atomic mass is 16.6. The number of aliphatic hydroxyl groups is 1. The molecule has 3 aliphatic rings. The summed E-state index contributed by atoms with van der Waals surface area (Å²) in [6.45, 7) is 7.27. The fraction of sp³-hybridized carbons (Fsp3) is 0.800. The monoisotopic (exact) mass is 250 g/mol. The van der Waals surface area contributed by atoms with Gasteiger partial charge in [-0.2, -0.15) is 0 Å². The molecule has 3 fully saturated rings. The van der Waals surface area contributed by atoms with Gasteiger partial charge >= 0.3 is 5.97 Å². The Hall–Kier alpha value is -0.830. The molecule has 0 amide bonds. The van der Waals surface area contributed by atoms with Gasteiger partial charge < -0.3 is 9.84 Å². The molecule has 0 saturated heterocycles. The fourth-order valence-corrected chi connectivity index (χ4v) is 4.60. The molecule has 0 aliphatic heterocycles. The van der Waals surface area contributed by atoms with Crippen LogP contribution < -0.4 is 0 Å². The van der Waals surface area contributed by atoms with E-state index in [0.717, 1.165) is 25.2 Å². The van der Waals surface area contributed by atoms with Gasteiger partial charge in [0.2, 0.25) is 0 Å². The topological polar surface area (TPSA) is 46.5 Å². The Balaban J connectivity index is 1.80. The van der Waals surface area contributed by atoms with Crippen molar-refractivity contribution in [1.82, 2.24) is 0 Å². The second kappa shape index (κ2) is 3.60. The van der Waals surface area contributed by atoms with Crippen molar-refractivity contribution in [1.29, 1.82) is 0 Å². The standard InChI is InChI=1S/C15H22O3/c1-9(2)13(16)18-14(3)5-10-4-11-6-15(17,8-14)7-12(10)11/h10-12,17H,1,4-8H2,2-3H3. The van der Waals surface area contributed by atoms with Gasteiger partial charge in [-0.05, 0) is 57.3 Å². The highest BCUT2D eigenvalue weighted by Gasteiger charge is 2.60. The van der Waals surface area contributed by atoms with Gasteiger partial charge in [0.1, 0.15) is 5.60 Å². The van der Waals surface area contributed by atoms with Crippen LogP contribution in [0.25, 0.3) is 0 Å². The van der Waals surface area contributed by atoms with Crippen molar-refractivity contribution >= 4 is 5.97 Å². The third-order valence-electron chi connectivity index (χ3n) is 5.16. The maximum Gasteiger partial charge on any atom is 0.333 e. The third kappa shape index (κ3) is 1.80. The van der Waals surface area contributed by atoms with E-state index in [1.807, 2.05) is 6.92 Å². The molecule has 0 heterocycles. The van der Waals surface area contributed by atoms with Crippen LogP contribution in [0, 0.1) is 17.8 Å². The first-order valence-electron chi connectivity index (χ1n) is 6.92. The van der Waals surface area contributed by atoms with Crippen LogP contribution in [0.2, 0.25) is 0 Å². The number of carbonyl (C=O) groups is 1. The minimum Gasteiger partial charge on any atom is -0.456 e. The predicted octanol–water partition coefficient (Wildman–Crippen LogP) is 2.44. The van der Waals surface area contributed by atoms with Gasteiger partial charge in [-0.25, -0.2) is 4.79 Å². The van der Waals surface area contributed by atoms with Crippen molar-refractivity contribution in [3.63, 3.8) is 0 Å². The maximum absolute atomic E-state index is 11.8. The van der Waals surface area contributed by atoms with Gasteiger partial charge in [0.05, 0.1) is 5.60 Å². The van der Waals surface area contributed by atoms with Crippen molar-refractivity contribution in [3.8, 4) is 0 Å². The third-order valence-corrected chi connectivity index (χ3v) is 5.16. The lowest BCUT2D eigenvalue weighted by molar-refractivity contribution is -0.163. The van der Waals surface area contributed by atoms with Crippen LogP contribution in [-0.4, -0.2) is 22.3 Å². The Kier molecular flexibility index (Phi) is 2.44. The lowest BCUT2D eigenvalue weighted by Gasteiger charge is -2.45. The van der Waals surface area contributed by atoms with Crippen LogP contribution in [0.5, 0.6) is 0 Å². The summed E-state index contributed by atoms with van der Waals surface area (Å²) < 4.78 is 5.63. The molecule has 0 radical (unpaired) electrons. The number of fused-ring (bicyclic) bond motifs is 1. The highest BCUT2D eigenvalue weighted by molar-refractivity contribution is 5.87. The Bertz CT molecular complexity index is 416. The van der Waals surface area contributed by atoms with Gasteiger partial charge in [-0.3, -0.25) is 0 Å². The van der Waals surface area contributed by atoms with E-state index in [4.69, 9.17) is 4.74 Å². The van der Waals surface area contributed by atoms with E-state index in [9.17, 15) is 9.90 Å². The van der Waals surface area contributed by atoms with Crippen molar-refractivity contribution in [2.75, 3.05) is 0 Å². The number of hydrogen-bond donors (Lipinski definition) is 1. The molecule has 3 nitrogen and oxygen atoms in total. The summed E-state index contributed by atoms with van der Waals surface area (Å²) in [5.74, 6) is 1.70. The molecule has 5 unspecified atom stereocenters. The molecule has 0 aromatic heterocycles. The van der Waals surface area contributed by atoms with Crippen LogP contribution in [0.15, 0.2) is 12.2 Å². The lowest BCUT2D eigenvalue weighted by Crippen LogP contribution is -2.45. The van der Waals surface area contributed by atoms with Crippen molar-refractivity contribution < 1.29 is 14.6 Å². The van der Waals surface area contributed by atoms with Crippen molar-refractivity contribution in [3.05, 3.63) is 12.2 Å². The smallest absolute Gasteiger partial charge is 0.333 e. The quantitative estimate of drug-likeness (QED) is 0.605. The molecule has 0 spiro atoms. The number of hydrogen-bond acceptors (Lipinski definition) is 3. The lowest BCUT2D eigenvalue weighted by atomic mass is 9.62. The molecule has 0 aromatic carbocycles. The van der Waals surface area contributed by atoms with Crippen LogP contribution in [0.3, 0.4) is 0 Å². The Morgan fingerprint density at radius 2 is 2.00 bits per heavy atom. The van der Waals surface area contributed by atoms with E-state index in [1.165, 1.54) is 6.42 Å². The van der Waals surface area contributed by atoms with Gasteiger partial charge in [0, 0.05) is 12.0 Å². The molecule has 5 atom stereocenters. The summed E-state index contributed by atoms with van der Waals surface area (Å²) in [7, 11) is 0. The molecule has 0 aromatic rings. The molecule has 3 aliphatic carbocycles. The number of ether oxygens (including phenoxy) is 1. The molecule has 2 bridgehead atoms. The van der Waals surface area contributed by atoms with Crippen molar-refractivity contribution in [2.24, 2.45) is 17.8 Å². The van der Waals surface area contributed by atoms with Crippen LogP contribution in [-0.2, 0) is 9.53 Å². The van der Waals surface area contributed by atoms with Crippen LogP contribution >= 0.6 is 0 Å². The number of rotatable bonds is 2. The minimum absolute atomic E-state index is 0.324. The average molecular weight is 250 g/mol. The van der Waals surface area contributed by atoms with Gasteiger partial charge in [-0.1, -0.05) is 6.58 Å². The van der Waals surface area contributed by atoms with E-state index in [1.54, 1.807) is 6.92 Å². The molecular weight excluding hydrogens is 228 g/mol. The van der Waals surface area contributed by atoms with E-state index in [0.29, 0.717) is 23.8 Å². The number of esters is 1. The second-order valence-corrected chi connectivity index (χ2v) is 7.05. The Morgan fingerprint density at radius 3 is 2.67 bits per heavy atom. The normalized spacial score (nSPS) is 49.2. The predicted molar refractivity (Wildman–Crippen MR) is 67.8 cm³/mol. The zero-order valence-corrected chi connectivity index (χ0v) is 11.2. The molecule has 100 valence electrons. The summed E-state index contributed by atoms with van der Waals surface area (Å²) in [5.41, 5.74) is -0.690. The van der Waals surface area contributed by atoms with Gasteiger partial charge in [0.15, 0.2) is 0 Å². The summed E-state index contributed by atoms with van der Waals surface area (Å²) in [6.07, 6.45) is 4.49. The first kappa shape index (κ1) is 12.2. The SMILES string of the molecule is C=C(C)C(=O)OC1(C)CC2CC3CC(O)(CC32)C1. The minimum atomic E-state index is -0.606. The average Bonchev–Trinajstić information content (AvgIpc) is 2.42. The number of carbonyl (C=O) groups excluding carboxylic acids is 1. The molecule has 3 saturated carbocycles. The summed E-state index contributed by atoms with van der Waals surface area (Å²) >= 11 is 0. The summed E-state index contributed by atoms with van der Waals surface area (Å²) in [5, 5.41) is 10.7.